The van der Waals surface area contributed by atoms with E-state index in [0.717, 1.165) is 0 Å². The largest absolute Gasteiger partial charge is 0.325 e. The van der Waals surface area contributed by atoms with Gasteiger partial charge in [-0.1, -0.05) is 29.8 Å². The summed E-state index contributed by atoms with van der Waals surface area (Å²) in [7, 11) is 1.72. The van der Waals surface area contributed by atoms with Gasteiger partial charge in [0.2, 0.25) is 5.91 Å². The lowest BCUT2D eigenvalue weighted by Gasteiger charge is -2.24. The van der Waals surface area contributed by atoms with Crippen molar-refractivity contribution in [3.63, 3.8) is 0 Å². The van der Waals surface area contributed by atoms with Crippen LogP contribution in [0.2, 0.25) is 5.02 Å². The van der Waals surface area contributed by atoms with Crippen LogP contribution in [0, 0.1) is 5.82 Å². The summed E-state index contributed by atoms with van der Waals surface area (Å²) >= 11 is 6.04. The number of likely N-dealkylation sites (N-methyl/N-ethyl adjacent to an activating group) is 1. The summed E-state index contributed by atoms with van der Waals surface area (Å²) in [5, 5.41) is 3.10. The molecule has 2 aromatic rings. The Morgan fingerprint density at radius 1 is 1.24 bits per heavy atom. The normalized spacial score (nSPS) is 12.1. The molecule has 2 rings (SSSR count). The van der Waals surface area contributed by atoms with Crippen LogP contribution < -0.4 is 5.32 Å². The van der Waals surface area contributed by atoms with Crippen molar-refractivity contribution >= 4 is 29.0 Å². The second kappa shape index (κ2) is 8.23. The van der Waals surface area contributed by atoms with Crippen LogP contribution in [0.25, 0.3) is 0 Å². The fraction of sp³-hybridized carbons (Fsp3) is 0.263. The maximum absolute atomic E-state index is 13.9. The van der Waals surface area contributed by atoms with E-state index in [2.05, 4.69) is 5.32 Å². The Morgan fingerprint density at radius 2 is 1.92 bits per heavy atom. The molecular formula is C19H20ClFN2O2. The van der Waals surface area contributed by atoms with E-state index in [1.807, 2.05) is 0 Å². The Hall–Kier alpha value is -2.24. The molecule has 0 bridgehead atoms. The summed E-state index contributed by atoms with van der Waals surface area (Å²) in [6.45, 7) is 3.39. The third-order valence-corrected chi connectivity index (χ3v) is 4.40. The lowest BCUT2D eigenvalue weighted by Crippen LogP contribution is -2.39. The molecule has 1 amide bonds. The van der Waals surface area contributed by atoms with Gasteiger partial charge in [-0.3, -0.25) is 14.5 Å². The van der Waals surface area contributed by atoms with Gasteiger partial charge in [0.15, 0.2) is 5.78 Å². The highest BCUT2D eigenvalue weighted by Gasteiger charge is 2.20. The number of carbonyl (C=O) groups excluding carboxylic acids is 2. The van der Waals surface area contributed by atoms with Gasteiger partial charge in [-0.25, -0.2) is 4.39 Å². The maximum atomic E-state index is 13.9. The fourth-order valence-electron chi connectivity index (χ4n) is 2.33. The number of ketones is 1. The molecule has 0 spiro atoms. The molecule has 1 N–H and O–H groups in total. The average molecular weight is 363 g/mol. The predicted octanol–water partition coefficient (Wildman–Crippen LogP) is 4.14. The molecule has 0 aromatic heterocycles. The molecule has 0 aliphatic rings. The number of nitrogens with one attached hydrogen (secondary N) is 1. The van der Waals surface area contributed by atoms with Gasteiger partial charge in [-0.15, -0.1) is 0 Å². The molecule has 2 aromatic carbocycles. The molecule has 0 saturated carbocycles. The van der Waals surface area contributed by atoms with Crippen LogP contribution in [-0.2, 0) is 11.3 Å². The Labute approximate surface area is 151 Å². The number of benzene rings is 2. The van der Waals surface area contributed by atoms with Crippen LogP contribution in [-0.4, -0.2) is 29.7 Å². The van der Waals surface area contributed by atoms with Gasteiger partial charge in [-0.05, 0) is 45.2 Å². The smallest absolute Gasteiger partial charge is 0.241 e. The minimum Gasteiger partial charge on any atom is -0.325 e. The van der Waals surface area contributed by atoms with E-state index in [9.17, 15) is 14.0 Å². The first-order valence-corrected chi connectivity index (χ1v) is 8.22. The molecule has 132 valence electrons. The van der Waals surface area contributed by atoms with Crippen molar-refractivity contribution in [2.45, 2.75) is 26.4 Å². The van der Waals surface area contributed by atoms with Crippen molar-refractivity contribution in [2.75, 3.05) is 12.4 Å². The first-order valence-electron chi connectivity index (χ1n) is 7.84. The van der Waals surface area contributed by atoms with Crippen molar-refractivity contribution in [3.8, 4) is 0 Å². The van der Waals surface area contributed by atoms with E-state index >= 15 is 0 Å². The molecule has 0 radical (unpaired) electrons. The van der Waals surface area contributed by atoms with Gasteiger partial charge >= 0.3 is 0 Å². The molecule has 4 nitrogen and oxygen atoms in total. The molecule has 6 heteroatoms. The van der Waals surface area contributed by atoms with E-state index in [0.29, 0.717) is 21.8 Å². The quantitative estimate of drug-likeness (QED) is 0.786. The first-order chi connectivity index (χ1) is 11.8. The molecule has 0 heterocycles. The number of anilines is 1. The lowest BCUT2D eigenvalue weighted by molar-refractivity contribution is -0.120. The zero-order chi connectivity index (χ0) is 18.6. The van der Waals surface area contributed by atoms with E-state index in [4.69, 9.17) is 11.6 Å². The molecular weight excluding hydrogens is 343 g/mol. The number of amides is 1. The minimum absolute atomic E-state index is 0.0736. The van der Waals surface area contributed by atoms with Gasteiger partial charge < -0.3 is 5.32 Å². The first kappa shape index (κ1) is 19.1. The molecule has 0 aliphatic carbocycles. The SMILES string of the molecule is CC(=O)c1cccc(NC(=O)[C@H](C)N(C)Cc2c(F)cccc2Cl)c1. The average Bonchev–Trinajstić information content (AvgIpc) is 2.57. The number of halogens is 2. The van der Waals surface area contributed by atoms with E-state index in [1.54, 1.807) is 55.3 Å². The highest BCUT2D eigenvalue weighted by atomic mass is 35.5. The maximum Gasteiger partial charge on any atom is 0.241 e. The molecule has 0 unspecified atom stereocenters. The van der Waals surface area contributed by atoms with Crippen molar-refractivity contribution in [2.24, 2.45) is 0 Å². The van der Waals surface area contributed by atoms with Crippen LogP contribution >= 0.6 is 11.6 Å². The Balaban J connectivity index is 2.06. The van der Waals surface area contributed by atoms with E-state index in [-0.39, 0.29) is 18.2 Å². The lowest BCUT2D eigenvalue weighted by atomic mass is 10.1. The summed E-state index contributed by atoms with van der Waals surface area (Å²) in [6.07, 6.45) is 0. The standard InChI is InChI=1S/C19H20ClFN2O2/c1-12(23(3)11-16-17(20)8-5-9-18(16)21)19(25)22-15-7-4-6-14(10-15)13(2)24/h4-10,12H,11H2,1-3H3,(H,22,25)/t12-/m0/s1. The second-order valence-electron chi connectivity index (χ2n) is 5.92. The number of nitrogens with zero attached hydrogens (tertiary/aromatic N) is 1. The summed E-state index contributed by atoms with van der Waals surface area (Å²) in [4.78, 5) is 25.6. The van der Waals surface area contributed by atoms with Crippen LogP contribution in [0.15, 0.2) is 42.5 Å². The van der Waals surface area contributed by atoms with Gasteiger partial charge in [0.05, 0.1) is 6.04 Å². The molecule has 0 saturated heterocycles. The Morgan fingerprint density at radius 3 is 2.56 bits per heavy atom. The summed E-state index contributed by atoms with van der Waals surface area (Å²) < 4.78 is 13.9. The predicted molar refractivity (Wildman–Crippen MR) is 97.4 cm³/mol. The van der Waals surface area contributed by atoms with Crippen molar-refractivity contribution in [3.05, 3.63) is 64.4 Å². The van der Waals surface area contributed by atoms with E-state index in [1.165, 1.54) is 13.0 Å². The monoisotopic (exact) mass is 362 g/mol. The van der Waals surface area contributed by atoms with Crippen LogP contribution in [0.4, 0.5) is 10.1 Å². The van der Waals surface area contributed by atoms with Crippen LogP contribution in [0.5, 0.6) is 0 Å². The summed E-state index contributed by atoms with van der Waals surface area (Å²) in [6, 6.07) is 10.7. The molecule has 0 aliphatic heterocycles. The van der Waals surface area contributed by atoms with Gasteiger partial charge in [0, 0.05) is 28.4 Å². The highest BCUT2D eigenvalue weighted by molar-refractivity contribution is 6.31. The third-order valence-electron chi connectivity index (χ3n) is 4.05. The zero-order valence-electron chi connectivity index (χ0n) is 14.3. The molecule has 25 heavy (non-hydrogen) atoms. The Bertz CT molecular complexity index is 774. The number of Topliss-reactive ketones (excluding diaryl/α,β-unsaturated/α-hetero) is 1. The summed E-state index contributed by atoms with van der Waals surface area (Å²) in [5.41, 5.74) is 1.42. The number of carbonyl (C=O) groups is 2. The number of hydrogen-bond donors (Lipinski definition) is 1. The Kier molecular flexibility index (Phi) is 6.28. The van der Waals surface area contributed by atoms with Gasteiger partial charge in [0.25, 0.3) is 0 Å². The van der Waals surface area contributed by atoms with Crippen molar-refractivity contribution < 1.29 is 14.0 Å². The second-order valence-corrected chi connectivity index (χ2v) is 6.32. The molecule has 1 atom stereocenters. The number of rotatable bonds is 6. The third kappa shape index (κ3) is 4.87. The van der Waals surface area contributed by atoms with Gasteiger partial charge in [0.1, 0.15) is 5.82 Å². The van der Waals surface area contributed by atoms with Crippen molar-refractivity contribution in [1.82, 2.24) is 4.90 Å². The van der Waals surface area contributed by atoms with Crippen LogP contribution in [0.1, 0.15) is 29.8 Å². The summed E-state index contributed by atoms with van der Waals surface area (Å²) in [5.74, 6) is -0.729. The van der Waals surface area contributed by atoms with Crippen LogP contribution in [0.3, 0.4) is 0 Å². The molecule has 0 fully saturated rings. The highest BCUT2D eigenvalue weighted by Crippen LogP contribution is 2.21. The zero-order valence-corrected chi connectivity index (χ0v) is 15.1. The van der Waals surface area contributed by atoms with Gasteiger partial charge in [-0.2, -0.15) is 0 Å². The van der Waals surface area contributed by atoms with Crippen molar-refractivity contribution in [1.29, 1.82) is 0 Å². The number of hydrogen-bond acceptors (Lipinski definition) is 3. The topological polar surface area (TPSA) is 49.4 Å². The minimum atomic E-state index is -0.517. The fourth-order valence-corrected chi connectivity index (χ4v) is 2.56. The van der Waals surface area contributed by atoms with E-state index < -0.39 is 11.9 Å².